The molecule has 0 bridgehead atoms. The van der Waals surface area contributed by atoms with E-state index in [2.05, 4.69) is 26.2 Å². The van der Waals surface area contributed by atoms with E-state index < -0.39 is 11.6 Å². The zero-order valence-corrected chi connectivity index (χ0v) is 13.5. The van der Waals surface area contributed by atoms with Crippen molar-refractivity contribution in [2.24, 2.45) is 0 Å². The van der Waals surface area contributed by atoms with Gasteiger partial charge in [0, 0.05) is 24.0 Å². The second kappa shape index (κ2) is 7.09. The van der Waals surface area contributed by atoms with Gasteiger partial charge >= 0.3 is 0 Å². The first-order chi connectivity index (χ1) is 10.0. The van der Waals surface area contributed by atoms with Crippen LogP contribution in [0.25, 0.3) is 0 Å². The maximum absolute atomic E-state index is 14.1. The second-order valence-electron chi connectivity index (χ2n) is 4.93. The molecule has 0 aliphatic rings. The number of benzene rings is 1. The van der Waals surface area contributed by atoms with Gasteiger partial charge in [-0.05, 0) is 59.1 Å². The highest BCUT2D eigenvalue weighted by Crippen LogP contribution is 2.26. The predicted octanol–water partition coefficient (Wildman–Crippen LogP) is 4.32. The van der Waals surface area contributed by atoms with Crippen LogP contribution in [-0.4, -0.2) is 11.5 Å². The fourth-order valence-corrected chi connectivity index (χ4v) is 2.65. The summed E-state index contributed by atoms with van der Waals surface area (Å²) in [6, 6.07) is 4.46. The van der Waals surface area contributed by atoms with Crippen molar-refractivity contribution in [1.29, 1.82) is 0 Å². The lowest BCUT2D eigenvalue weighted by molar-refractivity contribution is 0.496. The summed E-state index contributed by atoms with van der Waals surface area (Å²) in [6.45, 7) is 4.61. The van der Waals surface area contributed by atoms with E-state index in [9.17, 15) is 8.78 Å². The minimum absolute atomic E-state index is 0.0804. The van der Waals surface area contributed by atoms with Crippen LogP contribution in [0.15, 0.2) is 35.1 Å². The quantitative estimate of drug-likeness (QED) is 0.808. The molecule has 1 N–H and O–H groups in total. The van der Waals surface area contributed by atoms with Crippen molar-refractivity contribution in [3.8, 4) is 0 Å². The molecule has 5 heteroatoms. The van der Waals surface area contributed by atoms with Gasteiger partial charge in [-0.3, -0.25) is 4.98 Å². The van der Waals surface area contributed by atoms with Crippen molar-refractivity contribution in [1.82, 2.24) is 10.3 Å². The van der Waals surface area contributed by atoms with E-state index in [-0.39, 0.29) is 22.5 Å². The number of likely N-dealkylation sites (N-methyl/N-ethyl adjacent to an activating group) is 1. The van der Waals surface area contributed by atoms with Gasteiger partial charge < -0.3 is 5.32 Å². The number of hydrogen-bond acceptors (Lipinski definition) is 2. The average molecular weight is 355 g/mol. The minimum Gasteiger partial charge on any atom is -0.310 e. The Morgan fingerprint density at radius 1 is 1.29 bits per heavy atom. The minimum atomic E-state index is -0.543. The molecule has 0 saturated carbocycles. The Kier molecular flexibility index (Phi) is 5.42. The largest absolute Gasteiger partial charge is 0.310 e. The van der Waals surface area contributed by atoms with Gasteiger partial charge in [0.1, 0.15) is 11.6 Å². The molecule has 0 amide bonds. The first-order valence-electron chi connectivity index (χ1n) is 6.80. The Morgan fingerprint density at radius 2 is 2.05 bits per heavy atom. The summed E-state index contributed by atoms with van der Waals surface area (Å²) in [7, 11) is 0. The highest BCUT2D eigenvalue weighted by molar-refractivity contribution is 9.10. The van der Waals surface area contributed by atoms with E-state index in [1.807, 2.05) is 19.9 Å². The highest BCUT2D eigenvalue weighted by Gasteiger charge is 2.19. The summed E-state index contributed by atoms with van der Waals surface area (Å²) in [6.07, 6.45) is 3.72. The molecule has 0 spiro atoms. The lowest BCUT2D eigenvalue weighted by Gasteiger charge is -2.19. The number of halogens is 3. The molecular formula is C16H17BrF2N2. The van der Waals surface area contributed by atoms with Crippen LogP contribution in [0.2, 0.25) is 0 Å². The smallest absolute Gasteiger partial charge is 0.143 e. The summed E-state index contributed by atoms with van der Waals surface area (Å²) in [5.74, 6) is -1.07. The molecule has 0 fully saturated rings. The Labute approximate surface area is 131 Å². The highest BCUT2D eigenvalue weighted by atomic mass is 79.9. The van der Waals surface area contributed by atoms with Crippen molar-refractivity contribution in [2.75, 3.05) is 6.54 Å². The Bertz CT molecular complexity index is 632. The van der Waals surface area contributed by atoms with Gasteiger partial charge in [-0.1, -0.05) is 13.0 Å². The molecule has 21 heavy (non-hydrogen) atoms. The fourth-order valence-electron chi connectivity index (χ4n) is 2.28. The number of aryl methyl sites for hydroxylation is 1. The number of nitrogens with one attached hydrogen (secondary N) is 1. The first kappa shape index (κ1) is 16.0. The molecule has 2 aromatic rings. The molecule has 1 heterocycles. The lowest BCUT2D eigenvalue weighted by Crippen LogP contribution is -2.24. The van der Waals surface area contributed by atoms with Crippen LogP contribution >= 0.6 is 15.9 Å². The van der Waals surface area contributed by atoms with Crippen LogP contribution in [0.4, 0.5) is 8.78 Å². The molecule has 2 rings (SSSR count). The van der Waals surface area contributed by atoms with Crippen LogP contribution in [0.5, 0.6) is 0 Å². The predicted molar refractivity (Wildman–Crippen MR) is 83.2 cm³/mol. The Morgan fingerprint density at radius 3 is 2.71 bits per heavy atom. The van der Waals surface area contributed by atoms with Gasteiger partial charge in [-0.25, -0.2) is 8.78 Å². The fraction of sp³-hybridized carbons (Fsp3) is 0.312. The van der Waals surface area contributed by atoms with Gasteiger partial charge in [-0.2, -0.15) is 0 Å². The molecule has 2 nitrogen and oxygen atoms in total. The number of nitrogens with zero attached hydrogens (tertiary/aromatic N) is 1. The number of hydrogen-bond donors (Lipinski definition) is 1. The molecule has 1 aromatic carbocycles. The maximum atomic E-state index is 14.1. The number of pyridine rings is 1. The zero-order valence-electron chi connectivity index (χ0n) is 12.0. The zero-order chi connectivity index (χ0) is 15.4. The van der Waals surface area contributed by atoms with E-state index in [4.69, 9.17) is 0 Å². The molecule has 1 unspecified atom stereocenters. The van der Waals surface area contributed by atoms with E-state index in [1.54, 1.807) is 12.4 Å². The number of aromatic nitrogens is 1. The monoisotopic (exact) mass is 354 g/mol. The lowest BCUT2D eigenvalue weighted by atomic mass is 9.98. The van der Waals surface area contributed by atoms with Gasteiger partial charge in [0.15, 0.2) is 0 Å². The van der Waals surface area contributed by atoms with Crippen LogP contribution in [0, 0.1) is 18.6 Å². The first-order valence-corrected chi connectivity index (χ1v) is 7.59. The molecule has 0 aliphatic heterocycles. The molecule has 0 aliphatic carbocycles. The van der Waals surface area contributed by atoms with Crippen molar-refractivity contribution in [3.63, 3.8) is 0 Å². The van der Waals surface area contributed by atoms with Gasteiger partial charge in [0.2, 0.25) is 0 Å². The van der Waals surface area contributed by atoms with Crippen molar-refractivity contribution < 1.29 is 8.78 Å². The van der Waals surface area contributed by atoms with E-state index >= 15 is 0 Å². The van der Waals surface area contributed by atoms with Crippen LogP contribution < -0.4 is 5.32 Å². The van der Waals surface area contributed by atoms with Crippen molar-refractivity contribution in [2.45, 2.75) is 26.3 Å². The van der Waals surface area contributed by atoms with Gasteiger partial charge in [0.25, 0.3) is 0 Å². The topological polar surface area (TPSA) is 24.9 Å². The van der Waals surface area contributed by atoms with Crippen LogP contribution in [0.1, 0.15) is 29.7 Å². The third kappa shape index (κ3) is 3.86. The normalized spacial score (nSPS) is 12.4. The van der Waals surface area contributed by atoms with Crippen LogP contribution in [0.3, 0.4) is 0 Å². The van der Waals surface area contributed by atoms with E-state index in [1.165, 1.54) is 12.1 Å². The molecular weight excluding hydrogens is 338 g/mol. The average Bonchev–Trinajstić information content (AvgIpc) is 2.46. The second-order valence-corrected chi connectivity index (χ2v) is 5.79. The summed E-state index contributed by atoms with van der Waals surface area (Å²) in [4.78, 5) is 4.15. The molecule has 1 atom stereocenters. The molecule has 0 saturated heterocycles. The Hall–Kier alpha value is -1.33. The van der Waals surface area contributed by atoms with Gasteiger partial charge in [0.05, 0.1) is 4.47 Å². The Balaban J connectivity index is 2.35. The third-order valence-corrected chi connectivity index (χ3v) is 3.91. The standard InChI is InChI=1S/C16H17BrF2N2/c1-3-21-15(11-6-10(2)8-20-9-11)7-12-14(18)5-4-13(17)16(12)19/h4-6,8-9,15,21H,3,7H2,1-2H3. The van der Waals surface area contributed by atoms with E-state index in [0.717, 1.165) is 11.1 Å². The van der Waals surface area contributed by atoms with Crippen LogP contribution in [-0.2, 0) is 6.42 Å². The summed E-state index contributed by atoms with van der Waals surface area (Å²) < 4.78 is 28.3. The summed E-state index contributed by atoms with van der Waals surface area (Å²) >= 11 is 3.10. The van der Waals surface area contributed by atoms with Crippen molar-refractivity contribution in [3.05, 3.63) is 63.4 Å². The number of rotatable bonds is 5. The molecule has 112 valence electrons. The SMILES string of the molecule is CCNC(Cc1c(F)ccc(Br)c1F)c1cncc(C)c1. The molecule has 0 radical (unpaired) electrons. The summed E-state index contributed by atoms with van der Waals surface area (Å²) in [5, 5.41) is 3.26. The van der Waals surface area contributed by atoms with Gasteiger partial charge in [-0.15, -0.1) is 0 Å². The van der Waals surface area contributed by atoms with Crippen molar-refractivity contribution >= 4 is 15.9 Å². The maximum Gasteiger partial charge on any atom is 0.143 e. The van der Waals surface area contributed by atoms with E-state index in [0.29, 0.717) is 6.54 Å². The third-order valence-electron chi connectivity index (χ3n) is 3.30. The summed E-state index contributed by atoms with van der Waals surface area (Å²) in [5.41, 5.74) is 2.03. The molecule has 1 aromatic heterocycles.